The van der Waals surface area contributed by atoms with Crippen LogP contribution in [0.15, 0.2) is 16.6 Å². The summed E-state index contributed by atoms with van der Waals surface area (Å²) < 4.78 is 21.5. The number of nitrogens with two attached hydrogens (primary N) is 3. The van der Waals surface area contributed by atoms with Crippen LogP contribution in [0.5, 0.6) is 0 Å². The Kier molecular flexibility index (Phi) is 20.3. The van der Waals surface area contributed by atoms with Crippen LogP contribution in [0.1, 0.15) is 49.3 Å². The van der Waals surface area contributed by atoms with Crippen molar-refractivity contribution in [2.45, 2.75) is 51.6 Å². The van der Waals surface area contributed by atoms with Crippen molar-refractivity contribution in [1.82, 2.24) is 15.6 Å². The van der Waals surface area contributed by atoms with E-state index in [0.717, 1.165) is 0 Å². The summed E-state index contributed by atoms with van der Waals surface area (Å²) in [5.74, 6) is -0.985. The lowest BCUT2D eigenvalue weighted by Gasteiger charge is -2.23. The average molecular weight is 602 g/mol. The fraction of sp³-hybridized carbons (Fsp3) is 0.731. The summed E-state index contributed by atoms with van der Waals surface area (Å²) >= 11 is 1.20. The summed E-state index contributed by atoms with van der Waals surface area (Å²) in [6.07, 6.45) is 2.80. The smallest absolute Gasteiger partial charge is 0.243 e. The number of nitrogens with zero attached hydrogens (tertiary/aromatic N) is 2. The number of nitrogens with one attached hydrogen (secondary N) is 2. The Bertz CT molecular complexity index is 884. The van der Waals surface area contributed by atoms with Crippen molar-refractivity contribution < 1.29 is 33.3 Å². The van der Waals surface area contributed by atoms with E-state index in [4.69, 9.17) is 36.1 Å². The Morgan fingerprint density at radius 1 is 0.927 bits per heavy atom. The number of hydrogen-bond acceptors (Lipinski definition) is 11. The van der Waals surface area contributed by atoms with Crippen molar-refractivity contribution in [2.75, 3.05) is 65.9 Å². The molecule has 2 amide bonds. The molecule has 0 fully saturated rings. The molecule has 0 radical (unpaired) electrons. The Balaban J connectivity index is 2.45. The van der Waals surface area contributed by atoms with Crippen LogP contribution in [-0.4, -0.2) is 107 Å². The molecule has 8 N–H and O–H groups in total. The lowest BCUT2D eigenvalue weighted by molar-refractivity contribution is -0.130. The van der Waals surface area contributed by atoms with Gasteiger partial charge in [0.2, 0.25) is 17.6 Å². The standard InChI is InChI=1S/C26H47N7O7S/c1-19(2)18-21(32-22(34)5-9-37-11-13-39-15-16-40-14-12-38-10-6-27)24(36)33-20(4-3-7-31-26(28)29)23(35)25-30-8-17-41-25/h8,17,19-21H,3-7,9-16,18,27H2,1-2H3,(H,32,34)(H,33,36)(H4,28,29,31)/t20?,21-/m0/s1. The minimum atomic E-state index is -0.826. The molecule has 2 atom stereocenters. The second-order valence-corrected chi connectivity index (χ2v) is 10.3. The molecule has 1 heterocycles. The Hall–Kier alpha value is -2.69. The molecule has 1 aromatic rings. The van der Waals surface area contributed by atoms with Crippen LogP contribution in [0, 0.1) is 5.92 Å². The largest absolute Gasteiger partial charge is 0.379 e. The third-order valence-corrected chi connectivity index (χ3v) is 6.22. The first kappa shape index (κ1) is 36.3. The van der Waals surface area contributed by atoms with Crippen molar-refractivity contribution in [3.8, 4) is 0 Å². The van der Waals surface area contributed by atoms with Crippen molar-refractivity contribution in [3.63, 3.8) is 0 Å². The molecule has 15 heteroatoms. The number of thiazole rings is 1. The maximum atomic E-state index is 13.2. The minimum Gasteiger partial charge on any atom is -0.379 e. The summed E-state index contributed by atoms with van der Waals surface area (Å²) in [6, 6.07) is -1.64. The molecule has 0 aliphatic carbocycles. The normalized spacial score (nSPS) is 12.6. The molecule has 0 spiro atoms. The van der Waals surface area contributed by atoms with E-state index in [-0.39, 0.29) is 36.6 Å². The second-order valence-electron chi connectivity index (χ2n) is 9.45. The SMILES string of the molecule is CC(C)C[C@H](NC(=O)CCOCCOCCOCCOCCN)C(=O)NC(CCCN=C(N)N)C(=O)c1nccs1. The molecule has 0 bridgehead atoms. The molecule has 0 saturated carbocycles. The number of ether oxygens (including phenoxy) is 4. The summed E-state index contributed by atoms with van der Waals surface area (Å²) in [5.41, 5.74) is 16.1. The molecule has 0 saturated heterocycles. The molecule has 41 heavy (non-hydrogen) atoms. The number of ketones is 1. The number of amides is 2. The van der Waals surface area contributed by atoms with Gasteiger partial charge in [-0.25, -0.2) is 4.98 Å². The first-order chi connectivity index (χ1) is 19.7. The highest BCUT2D eigenvalue weighted by Crippen LogP contribution is 2.13. The fourth-order valence-electron chi connectivity index (χ4n) is 3.52. The van der Waals surface area contributed by atoms with Gasteiger partial charge in [-0.1, -0.05) is 13.8 Å². The Morgan fingerprint density at radius 2 is 1.54 bits per heavy atom. The van der Waals surface area contributed by atoms with Gasteiger partial charge in [-0.15, -0.1) is 11.3 Å². The molecule has 1 aromatic heterocycles. The Morgan fingerprint density at radius 3 is 2.07 bits per heavy atom. The number of aromatic nitrogens is 1. The van der Waals surface area contributed by atoms with Crippen molar-refractivity contribution in [1.29, 1.82) is 0 Å². The fourth-order valence-corrected chi connectivity index (χ4v) is 4.15. The second kappa shape index (κ2) is 22.9. The molecule has 1 rings (SSSR count). The van der Waals surface area contributed by atoms with Crippen LogP contribution in [0.4, 0.5) is 0 Å². The van der Waals surface area contributed by atoms with Crippen LogP contribution < -0.4 is 27.8 Å². The predicted octanol–water partition coefficient (Wildman–Crippen LogP) is -0.190. The van der Waals surface area contributed by atoms with Gasteiger partial charge < -0.3 is 46.8 Å². The van der Waals surface area contributed by atoms with Crippen molar-refractivity contribution in [2.24, 2.45) is 28.1 Å². The van der Waals surface area contributed by atoms with E-state index in [2.05, 4.69) is 20.6 Å². The zero-order valence-corrected chi connectivity index (χ0v) is 25.0. The number of aliphatic imine (C=N–C) groups is 1. The molecule has 0 aliphatic heterocycles. The van der Waals surface area contributed by atoms with Gasteiger partial charge in [0.1, 0.15) is 6.04 Å². The number of carbonyl (C=O) groups excluding carboxylic acids is 3. The van der Waals surface area contributed by atoms with E-state index in [1.165, 1.54) is 17.5 Å². The van der Waals surface area contributed by atoms with Crippen LogP contribution in [-0.2, 0) is 28.5 Å². The summed E-state index contributed by atoms with van der Waals surface area (Å²) in [5, 5.41) is 7.57. The highest BCUT2D eigenvalue weighted by Gasteiger charge is 2.28. The number of rotatable bonds is 25. The summed E-state index contributed by atoms with van der Waals surface area (Å²) in [4.78, 5) is 46.8. The van der Waals surface area contributed by atoms with Gasteiger partial charge in [0.15, 0.2) is 11.0 Å². The lowest BCUT2D eigenvalue weighted by atomic mass is 10.0. The van der Waals surface area contributed by atoms with Gasteiger partial charge >= 0.3 is 0 Å². The van der Waals surface area contributed by atoms with Crippen LogP contribution in [0.25, 0.3) is 0 Å². The maximum absolute atomic E-state index is 13.2. The topological polar surface area (TPSA) is 216 Å². The molecule has 1 unspecified atom stereocenters. The Labute approximate surface area is 246 Å². The van der Waals surface area contributed by atoms with Gasteiger partial charge in [-0.2, -0.15) is 0 Å². The van der Waals surface area contributed by atoms with E-state index in [1.54, 1.807) is 5.38 Å². The third kappa shape index (κ3) is 18.4. The van der Waals surface area contributed by atoms with Crippen LogP contribution in [0.2, 0.25) is 0 Å². The zero-order chi connectivity index (χ0) is 30.3. The van der Waals surface area contributed by atoms with Crippen molar-refractivity contribution >= 4 is 34.9 Å². The van der Waals surface area contributed by atoms with E-state index in [9.17, 15) is 14.4 Å². The molecule has 14 nitrogen and oxygen atoms in total. The molecule has 234 valence electrons. The van der Waals surface area contributed by atoms with Crippen molar-refractivity contribution in [3.05, 3.63) is 16.6 Å². The number of hydrogen-bond donors (Lipinski definition) is 5. The van der Waals surface area contributed by atoms with E-state index < -0.39 is 18.0 Å². The van der Waals surface area contributed by atoms with Gasteiger partial charge in [-0.3, -0.25) is 19.4 Å². The van der Waals surface area contributed by atoms with Gasteiger partial charge in [0, 0.05) is 31.1 Å². The number of carbonyl (C=O) groups is 3. The predicted molar refractivity (Wildman–Crippen MR) is 157 cm³/mol. The quantitative estimate of drug-likeness (QED) is 0.0428. The molecule has 0 aliphatic rings. The number of guanidine groups is 1. The summed E-state index contributed by atoms with van der Waals surface area (Å²) in [7, 11) is 0. The average Bonchev–Trinajstić information content (AvgIpc) is 3.47. The van der Waals surface area contributed by atoms with E-state index in [0.29, 0.717) is 83.6 Å². The monoisotopic (exact) mass is 601 g/mol. The molecule has 0 aromatic carbocycles. The van der Waals surface area contributed by atoms with Crippen LogP contribution >= 0.6 is 11.3 Å². The highest BCUT2D eigenvalue weighted by molar-refractivity contribution is 7.11. The number of Topliss-reactive ketones (excluding diaryl/α,β-unsaturated/α-hetero) is 1. The zero-order valence-electron chi connectivity index (χ0n) is 24.2. The van der Waals surface area contributed by atoms with E-state index >= 15 is 0 Å². The first-order valence-electron chi connectivity index (χ1n) is 13.8. The van der Waals surface area contributed by atoms with Gasteiger partial charge in [-0.05, 0) is 25.2 Å². The maximum Gasteiger partial charge on any atom is 0.243 e. The van der Waals surface area contributed by atoms with Gasteiger partial charge in [0.25, 0.3) is 0 Å². The first-order valence-corrected chi connectivity index (χ1v) is 14.7. The minimum absolute atomic E-state index is 0.0427. The van der Waals surface area contributed by atoms with Gasteiger partial charge in [0.05, 0.1) is 58.9 Å². The van der Waals surface area contributed by atoms with E-state index in [1.807, 2.05) is 13.8 Å². The highest BCUT2D eigenvalue weighted by atomic mass is 32.1. The molecular weight excluding hydrogens is 554 g/mol. The molecular formula is C26H47N7O7S. The van der Waals surface area contributed by atoms with Crippen LogP contribution in [0.3, 0.4) is 0 Å². The summed E-state index contributed by atoms with van der Waals surface area (Å²) in [6.45, 7) is 7.92. The third-order valence-electron chi connectivity index (χ3n) is 5.43. The lowest BCUT2D eigenvalue weighted by Crippen LogP contribution is -2.52.